The molecule has 0 atom stereocenters. The normalized spacial score (nSPS) is 11.8. The summed E-state index contributed by atoms with van der Waals surface area (Å²) in [6.45, 7) is 1.79. The molecule has 0 spiro atoms. The number of hydrogen-bond donors (Lipinski definition) is 2. The summed E-state index contributed by atoms with van der Waals surface area (Å²) in [4.78, 5) is 8.48. The topological polar surface area (TPSA) is 92.7 Å². The van der Waals surface area contributed by atoms with Gasteiger partial charge in [0.2, 0.25) is 0 Å². The molecule has 0 unspecified atom stereocenters. The average molecular weight is 376 g/mol. The van der Waals surface area contributed by atoms with Gasteiger partial charge in [-0.15, -0.1) is 0 Å². The fourth-order valence-electron chi connectivity index (χ4n) is 2.22. The molecule has 0 aliphatic carbocycles. The molecule has 8 heteroatoms. The first kappa shape index (κ1) is 19.7. The van der Waals surface area contributed by atoms with E-state index in [1.54, 1.807) is 31.6 Å². The van der Waals surface area contributed by atoms with Gasteiger partial charge in [-0.05, 0) is 36.2 Å². The second-order valence-electron chi connectivity index (χ2n) is 5.63. The molecule has 2 aromatic rings. The van der Waals surface area contributed by atoms with Crippen LogP contribution in [0.4, 0.5) is 0 Å². The van der Waals surface area contributed by atoms with Gasteiger partial charge >= 0.3 is 0 Å². The minimum atomic E-state index is -3.15. The summed E-state index contributed by atoms with van der Waals surface area (Å²) < 4.78 is 28.5. The Hall–Kier alpha value is -2.61. The lowest BCUT2D eigenvalue weighted by atomic mass is 10.1. The van der Waals surface area contributed by atoms with Crippen molar-refractivity contribution in [3.8, 4) is 5.75 Å². The van der Waals surface area contributed by atoms with Crippen molar-refractivity contribution in [1.82, 2.24) is 15.6 Å². The van der Waals surface area contributed by atoms with Crippen LogP contribution in [0.1, 0.15) is 5.56 Å². The molecule has 0 saturated carbocycles. The number of sulfone groups is 1. The number of nitrogens with zero attached hydrogens (tertiary/aromatic N) is 2. The van der Waals surface area contributed by atoms with E-state index in [-0.39, 0.29) is 0 Å². The summed E-state index contributed by atoms with van der Waals surface area (Å²) >= 11 is 0. The van der Waals surface area contributed by atoms with Crippen LogP contribution in [0.25, 0.3) is 0 Å². The predicted octanol–water partition coefficient (Wildman–Crippen LogP) is 1.27. The van der Waals surface area contributed by atoms with E-state index in [2.05, 4.69) is 20.6 Å². The minimum absolute atomic E-state index is 0.334. The molecule has 26 heavy (non-hydrogen) atoms. The molecule has 0 aliphatic heterocycles. The zero-order valence-electron chi connectivity index (χ0n) is 15.0. The zero-order valence-corrected chi connectivity index (χ0v) is 15.8. The van der Waals surface area contributed by atoms with E-state index in [9.17, 15) is 8.42 Å². The molecule has 140 valence electrons. The minimum Gasteiger partial charge on any atom is -0.490 e. The van der Waals surface area contributed by atoms with E-state index in [0.717, 1.165) is 17.7 Å². The van der Waals surface area contributed by atoms with Crippen LogP contribution in [0.15, 0.2) is 58.7 Å². The molecule has 0 aliphatic rings. The quantitative estimate of drug-likeness (QED) is 0.409. The fraction of sp³-hybridized carbons (Fsp3) is 0.333. The second-order valence-corrected chi connectivity index (χ2v) is 7.64. The maximum absolute atomic E-state index is 11.5. The van der Waals surface area contributed by atoms with Gasteiger partial charge in [-0.1, -0.05) is 12.1 Å². The summed E-state index contributed by atoms with van der Waals surface area (Å²) in [5, 5.41) is 6.38. The Morgan fingerprint density at radius 2 is 1.88 bits per heavy atom. The first-order valence-electron chi connectivity index (χ1n) is 8.25. The van der Waals surface area contributed by atoms with Crippen molar-refractivity contribution >= 4 is 15.8 Å². The molecule has 1 aromatic carbocycles. The predicted molar refractivity (Wildman–Crippen MR) is 102 cm³/mol. The lowest BCUT2D eigenvalue weighted by Gasteiger charge is -2.12. The molecule has 0 fully saturated rings. The van der Waals surface area contributed by atoms with Crippen LogP contribution in [-0.4, -0.2) is 52.4 Å². The van der Waals surface area contributed by atoms with Crippen LogP contribution >= 0.6 is 0 Å². The van der Waals surface area contributed by atoms with Crippen LogP contribution in [0.2, 0.25) is 0 Å². The van der Waals surface area contributed by atoms with Crippen LogP contribution in [-0.2, 0) is 16.3 Å². The smallest absolute Gasteiger partial charge is 0.191 e. The number of benzene rings is 1. The fourth-order valence-corrected chi connectivity index (χ4v) is 2.85. The van der Waals surface area contributed by atoms with Gasteiger partial charge in [0.25, 0.3) is 0 Å². The highest BCUT2D eigenvalue weighted by molar-refractivity contribution is 7.90. The van der Waals surface area contributed by atoms with Crippen molar-refractivity contribution in [1.29, 1.82) is 0 Å². The first-order chi connectivity index (χ1) is 12.5. The number of aromatic nitrogens is 1. The highest BCUT2D eigenvalue weighted by Gasteiger charge is 2.06. The summed E-state index contributed by atoms with van der Waals surface area (Å²) in [5.74, 6) is 1.42. The number of rotatable bonds is 8. The van der Waals surface area contributed by atoms with E-state index in [0.29, 0.717) is 30.6 Å². The molecule has 2 rings (SSSR count). The highest BCUT2D eigenvalue weighted by Crippen LogP contribution is 2.10. The van der Waals surface area contributed by atoms with E-state index < -0.39 is 9.84 Å². The molecule has 7 nitrogen and oxygen atoms in total. The zero-order chi connectivity index (χ0) is 18.8. The summed E-state index contributed by atoms with van der Waals surface area (Å²) in [7, 11) is -1.44. The maximum atomic E-state index is 11.5. The monoisotopic (exact) mass is 376 g/mol. The van der Waals surface area contributed by atoms with Gasteiger partial charge in [0.15, 0.2) is 15.8 Å². The molecule has 0 amide bonds. The molecule has 0 saturated heterocycles. The van der Waals surface area contributed by atoms with Crippen LogP contribution in [0.5, 0.6) is 5.75 Å². The van der Waals surface area contributed by atoms with Gasteiger partial charge in [-0.2, -0.15) is 0 Å². The van der Waals surface area contributed by atoms with Crippen molar-refractivity contribution in [3.63, 3.8) is 0 Å². The lowest BCUT2D eigenvalue weighted by molar-refractivity contribution is 0.320. The number of guanidine groups is 1. The van der Waals surface area contributed by atoms with E-state index in [1.807, 2.05) is 24.3 Å². The number of hydrogen-bond acceptors (Lipinski definition) is 5. The molecule has 1 heterocycles. The number of pyridine rings is 1. The Bertz CT molecular complexity index is 806. The van der Waals surface area contributed by atoms with Gasteiger partial charge in [0.05, 0.1) is 17.6 Å². The van der Waals surface area contributed by atoms with E-state index in [1.165, 1.54) is 6.26 Å². The third kappa shape index (κ3) is 6.72. The van der Waals surface area contributed by atoms with Gasteiger partial charge in [-0.3, -0.25) is 9.98 Å². The van der Waals surface area contributed by atoms with Gasteiger partial charge in [-0.25, -0.2) is 8.42 Å². The van der Waals surface area contributed by atoms with Gasteiger partial charge in [0, 0.05) is 26.0 Å². The number of aliphatic imine (C=N–C) groups is 1. The second kappa shape index (κ2) is 9.76. The summed E-state index contributed by atoms with van der Waals surface area (Å²) in [6, 6.07) is 10.6. The SMILES string of the molecule is CN=C(NCCOc1cccnc1)NCCc1ccc(S(C)(=O)=O)cc1. The van der Waals surface area contributed by atoms with E-state index in [4.69, 9.17) is 4.74 Å². The first-order valence-corrected chi connectivity index (χ1v) is 10.1. The van der Waals surface area contributed by atoms with Crippen molar-refractivity contribution in [2.45, 2.75) is 11.3 Å². The third-order valence-corrected chi connectivity index (χ3v) is 4.71. The van der Waals surface area contributed by atoms with E-state index >= 15 is 0 Å². The molecule has 0 radical (unpaired) electrons. The molecule has 2 N–H and O–H groups in total. The molecule has 1 aromatic heterocycles. The Balaban J connectivity index is 1.68. The van der Waals surface area contributed by atoms with Crippen LogP contribution in [0.3, 0.4) is 0 Å². The summed E-state index contributed by atoms with van der Waals surface area (Å²) in [5.41, 5.74) is 1.06. The maximum Gasteiger partial charge on any atom is 0.191 e. The standard InChI is InChI=1S/C18H24N4O3S/c1-19-18(22-12-13-25-16-4-3-10-20-14-16)21-11-9-15-5-7-17(8-6-15)26(2,23)24/h3-8,10,14H,9,11-13H2,1-2H3,(H2,19,21,22). The summed E-state index contributed by atoms with van der Waals surface area (Å²) in [6.07, 6.45) is 5.34. The van der Waals surface area contributed by atoms with Gasteiger partial charge in [0.1, 0.15) is 12.4 Å². The van der Waals surface area contributed by atoms with Crippen LogP contribution < -0.4 is 15.4 Å². The average Bonchev–Trinajstić information content (AvgIpc) is 2.64. The number of nitrogens with one attached hydrogen (secondary N) is 2. The Morgan fingerprint density at radius 3 is 2.50 bits per heavy atom. The van der Waals surface area contributed by atoms with Crippen molar-refractivity contribution < 1.29 is 13.2 Å². The van der Waals surface area contributed by atoms with Crippen molar-refractivity contribution in [2.24, 2.45) is 4.99 Å². The molecular formula is C18H24N4O3S. The Labute approximate surface area is 154 Å². The lowest BCUT2D eigenvalue weighted by Crippen LogP contribution is -2.40. The van der Waals surface area contributed by atoms with Gasteiger partial charge < -0.3 is 15.4 Å². The van der Waals surface area contributed by atoms with Crippen LogP contribution in [0, 0.1) is 0 Å². The van der Waals surface area contributed by atoms with Crippen molar-refractivity contribution in [3.05, 3.63) is 54.4 Å². The van der Waals surface area contributed by atoms with Crippen molar-refractivity contribution in [2.75, 3.05) is 33.0 Å². The Kier molecular flexibility index (Phi) is 7.40. The molecular weight excluding hydrogens is 352 g/mol. The Morgan fingerprint density at radius 1 is 1.15 bits per heavy atom. The molecule has 0 bridgehead atoms. The number of ether oxygens (including phenoxy) is 1. The third-order valence-electron chi connectivity index (χ3n) is 3.58. The highest BCUT2D eigenvalue weighted by atomic mass is 32.2. The largest absolute Gasteiger partial charge is 0.490 e.